The van der Waals surface area contributed by atoms with Crippen molar-refractivity contribution in [3.8, 4) is 5.75 Å². The molecule has 1 aromatic carbocycles. The Bertz CT molecular complexity index is 420. The fourth-order valence-corrected chi connectivity index (χ4v) is 2.19. The molecule has 0 aromatic heterocycles. The van der Waals surface area contributed by atoms with Crippen molar-refractivity contribution < 1.29 is 9.53 Å². The van der Waals surface area contributed by atoms with Crippen molar-refractivity contribution in [3.05, 3.63) is 29.8 Å². The van der Waals surface area contributed by atoms with E-state index in [1.54, 1.807) is 7.11 Å². The summed E-state index contributed by atoms with van der Waals surface area (Å²) in [4.78, 5) is 14.1. The largest absolute Gasteiger partial charge is 0.497 e. The number of amides is 1. The lowest BCUT2D eigenvalue weighted by Gasteiger charge is -2.22. The smallest absolute Gasteiger partial charge is 0.227 e. The molecule has 1 saturated heterocycles. The molecule has 0 saturated carbocycles. The maximum absolute atomic E-state index is 12.2. The molecule has 2 rings (SSSR count). The minimum Gasteiger partial charge on any atom is -0.497 e. The van der Waals surface area contributed by atoms with Gasteiger partial charge in [-0.05, 0) is 17.7 Å². The molecule has 1 aliphatic rings. The van der Waals surface area contributed by atoms with Crippen LogP contribution in [0.2, 0.25) is 0 Å². The first kappa shape index (κ1) is 12.9. The summed E-state index contributed by atoms with van der Waals surface area (Å²) in [5.74, 6) is 1.11. The Balaban J connectivity index is 2.08. The van der Waals surface area contributed by atoms with Gasteiger partial charge in [-0.25, -0.2) is 0 Å². The zero-order valence-corrected chi connectivity index (χ0v) is 11.0. The summed E-state index contributed by atoms with van der Waals surface area (Å²) >= 11 is 0. The van der Waals surface area contributed by atoms with Crippen molar-refractivity contribution in [2.24, 2.45) is 5.92 Å². The van der Waals surface area contributed by atoms with E-state index in [1.165, 1.54) is 0 Å². The van der Waals surface area contributed by atoms with E-state index in [-0.39, 0.29) is 11.8 Å². The lowest BCUT2D eigenvalue weighted by atomic mass is 10.1. The molecule has 0 spiro atoms. The molecule has 1 fully saturated rings. The number of ether oxygens (including phenoxy) is 1. The molecule has 1 amide bonds. The number of hydrogen-bond acceptors (Lipinski definition) is 3. The van der Waals surface area contributed by atoms with Crippen molar-refractivity contribution >= 4 is 5.91 Å². The van der Waals surface area contributed by atoms with Crippen LogP contribution in [-0.4, -0.2) is 37.6 Å². The Kier molecular flexibility index (Phi) is 4.20. The molecule has 1 heterocycles. The summed E-state index contributed by atoms with van der Waals surface area (Å²) in [6.45, 7) is 5.02. The Morgan fingerprint density at radius 1 is 1.50 bits per heavy atom. The fraction of sp³-hybridized carbons (Fsp3) is 0.500. The van der Waals surface area contributed by atoms with Crippen LogP contribution in [0.15, 0.2) is 24.3 Å². The highest BCUT2D eigenvalue weighted by Crippen LogP contribution is 2.16. The highest BCUT2D eigenvalue weighted by molar-refractivity contribution is 5.79. The topological polar surface area (TPSA) is 41.6 Å². The maximum Gasteiger partial charge on any atom is 0.227 e. The fourth-order valence-electron chi connectivity index (χ4n) is 2.19. The molecular weight excluding hydrogens is 228 g/mol. The van der Waals surface area contributed by atoms with Crippen LogP contribution >= 0.6 is 0 Å². The van der Waals surface area contributed by atoms with Crippen LogP contribution in [0.25, 0.3) is 0 Å². The molecule has 1 aromatic rings. The highest BCUT2D eigenvalue weighted by atomic mass is 16.5. The van der Waals surface area contributed by atoms with Crippen molar-refractivity contribution in [1.29, 1.82) is 0 Å². The molecule has 1 aliphatic heterocycles. The zero-order valence-electron chi connectivity index (χ0n) is 11.0. The summed E-state index contributed by atoms with van der Waals surface area (Å²) in [6.07, 6.45) is 0. The minimum absolute atomic E-state index is 0.0538. The second kappa shape index (κ2) is 5.87. The summed E-state index contributed by atoms with van der Waals surface area (Å²) in [6, 6.07) is 7.88. The van der Waals surface area contributed by atoms with E-state index in [9.17, 15) is 4.79 Å². The average molecular weight is 248 g/mol. The van der Waals surface area contributed by atoms with E-state index in [4.69, 9.17) is 4.74 Å². The molecule has 1 unspecified atom stereocenters. The minimum atomic E-state index is 0.0538. The van der Waals surface area contributed by atoms with Crippen molar-refractivity contribution in [3.63, 3.8) is 0 Å². The van der Waals surface area contributed by atoms with Gasteiger partial charge in [0.2, 0.25) is 5.91 Å². The van der Waals surface area contributed by atoms with Crippen LogP contribution < -0.4 is 10.1 Å². The van der Waals surface area contributed by atoms with Gasteiger partial charge in [0.25, 0.3) is 0 Å². The van der Waals surface area contributed by atoms with Crippen LogP contribution in [-0.2, 0) is 11.3 Å². The van der Waals surface area contributed by atoms with Gasteiger partial charge in [-0.2, -0.15) is 0 Å². The molecule has 4 nitrogen and oxygen atoms in total. The van der Waals surface area contributed by atoms with Crippen LogP contribution in [0.1, 0.15) is 12.5 Å². The zero-order chi connectivity index (χ0) is 13.0. The maximum atomic E-state index is 12.2. The lowest BCUT2D eigenvalue weighted by Crippen LogP contribution is -2.34. The van der Waals surface area contributed by atoms with E-state index in [0.29, 0.717) is 6.54 Å². The third kappa shape index (κ3) is 3.01. The number of methoxy groups -OCH3 is 1. The Labute approximate surface area is 108 Å². The van der Waals surface area contributed by atoms with Gasteiger partial charge >= 0.3 is 0 Å². The van der Waals surface area contributed by atoms with Gasteiger partial charge < -0.3 is 15.0 Å². The molecule has 18 heavy (non-hydrogen) atoms. The molecule has 1 N–H and O–H groups in total. The van der Waals surface area contributed by atoms with E-state index >= 15 is 0 Å². The van der Waals surface area contributed by atoms with Crippen molar-refractivity contribution in [2.75, 3.05) is 26.7 Å². The van der Waals surface area contributed by atoms with Crippen LogP contribution in [0.5, 0.6) is 5.75 Å². The van der Waals surface area contributed by atoms with Gasteiger partial charge in [0, 0.05) is 32.1 Å². The molecule has 0 bridgehead atoms. The standard InChI is InChI=1S/C14H20N2O2/c1-11-9-15-6-7-16(14(11)17)10-12-4-3-5-13(8-12)18-2/h3-5,8,11,15H,6-7,9-10H2,1-2H3. The molecule has 98 valence electrons. The summed E-state index contributed by atoms with van der Waals surface area (Å²) in [5.41, 5.74) is 1.11. The second-order valence-corrected chi connectivity index (χ2v) is 4.72. The van der Waals surface area contributed by atoms with Crippen LogP contribution in [0, 0.1) is 5.92 Å². The molecule has 0 radical (unpaired) electrons. The van der Waals surface area contributed by atoms with E-state index in [0.717, 1.165) is 30.9 Å². The Morgan fingerprint density at radius 2 is 2.33 bits per heavy atom. The Hall–Kier alpha value is -1.55. The van der Waals surface area contributed by atoms with Crippen LogP contribution in [0.4, 0.5) is 0 Å². The first-order chi connectivity index (χ1) is 8.70. The quantitative estimate of drug-likeness (QED) is 0.875. The number of carbonyl (C=O) groups is 1. The van der Waals surface area contributed by atoms with Gasteiger partial charge in [-0.3, -0.25) is 4.79 Å². The average Bonchev–Trinajstić information content (AvgIpc) is 2.55. The molecule has 0 aliphatic carbocycles. The van der Waals surface area contributed by atoms with Gasteiger partial charge in [-0.1, -0.05) is 19.1 Å². The number of nitrogens with one attached hydrogen (secondary N) is 1. The molecule has 4 heteroatoms. The predicted molar refractivity (Wildman–Crippen MR) is 70.4 cm³/mol. The predicted octanol–water partition coefficient (Wildman–Crippen LogP) is 1.26. The second-order valence-electron chi connectivity index (χ2n) is 4.72. The number of hydrogen-bond donors (Lipinski definition) is 1. The third-order valence-electron chi connectivity index (χ3n) is 3.25. The SMILES string of the molecule is COc1cccc(CN2CCNCC(C)C2=O)c1. The van der Waals surface area contributed by atoms with Crippen molar-refractivity contribution in [2.45, 2.75) is 13.5 Å². The highest BCUT2D eigenvalue weighted by Gasteiger charge is 2.23. The number of benzene rings is 1. The van der Waals surface area contributed by atoms with Gasteiger partial charge in [0.1, 0.15) is 5.75 Å². The number of nitrogens with zero attached hydrogens (tertiary/aromatic N) is 1. The number of rotatable bonds is 3. The molecular formula is C14H20N2O2. The van der Waals surface area contributed by atoms with E-state index in [1.807, 2.05) is 36.1 Å². The Morgan fingerprint density at radius 3 is 3.11 bits per heavy atom. The monoisotopic (exact) mass is 248 g/mol. The third-order valence-corrected chi connectivity index (χ3v) is 3.25. The van der Waals surface area contributed by atoms with Crippen molar-refractivity contribution in [1.82, 2.24) is 10.2 Å². The number of carbonyl (C=O) groups excluding carboxylic acids is 1. The van der Waals surface area contributed by atoms with Crippen LogP contribution in [0.3, 0.4) is 0 Å². The summed E-state index contributed by atoms with van der Waals surface area (Å²) in [5, 5.41) is 3.28. The summed E-state index contributed by atoms with van der Waals surface area (Å²) < 4.78 is 5.20. The summed E-state index contributed by atoms with van der Waals surface area (Å²) in [7, 11) is 1.65. The van der Waals surface area contributed by atoms with E-state index < -0.39 is 0 Å². The normalized spacial score (nSPS) is 20.7. The first-order valence-corrected chi connectivity index (χ1v) is 6.33. The van der Waals surface area contributed by atoms with Gasteiger partial charge in [0.15, 0.2) is 0 Å². The van der Waals surface area contributed by atoms with E-state index in [2.05, 4.69) is 5.32 Å². The van der Waals surface area contributed by atoms with Gasteiger partial charge in [0.05, 0.1) is 7.11 Å². The lowest BCUT2D eigenvalue weighted by molar-refractivity contribution is -0.134. The first-order valence-electron chi connectivity index (χ1n) is 6.33. The van der Waals surface area contributed by atoms with Gasteiger partial charge in [-0.15, -0.1) is 0 Å². The molecule has 1 atom stereocenters.